The molecule has 0 unspecified atom stereocenters. The van der Waals surface area contributed by atoms with Crippen molar-refractivity contribution in [3.8, 4) is 5.75 Å². The molecular weight excluding hydrogens is 366 g/mol. The highest BCUT2D eigenvalue weighted by Crippen LogP contribution is 2.33. The highest BCUT2D eigenvalue weighted by atomic mass is 35.5. The number of anilines is 1. The van der Waals surface area contributed by atoms with Crippen LogP contribution in [0.2, 0.25) is 5.02 Å². The Hall–Kier alpha value is -2.53. The molecule has 2 N–H and O–H groups in total. The number of benzene rings is 2. The Morgan fingerprint density at radius 3 is 2.44 bits per heavy atom. The van der Waals surface area contributed by atoms with E-state index < -0.39 is 5.97 Å². The number of carbonyl (C=O) groups excluding carboxylic acids is 1. The minimum Gasteiger partial charge on any atom is -0.484 e. The third kappa shape index (κ3) is 5.23. The first-order chi connectivity index (χ1) is 13.0. The van der Waals surface area contributed by atoms with Crippen LogP contribution in [0.5, 0.6) is 5.75 Å². The number of rotatable bonds is 6. The molecule has 0 heterocycles. The quantitative estimate of drug-likeness (QED) is 0.722. The second kappa shape index (κ2) is 8.91. The van der Waals surface area contributed by atoms with E-state index in [2.05, 4.69) is 17.4 Å². The Morgan fingerprint density at radius 1 is 1.07 bits per heavy atom. The predicted molar refractivity (Wildman–Crippen MR) is 105 cm³/mol. The Kier molecular flexibility index (Phi) is 6.35. The maximum absolute atomic E-state index is 12.0. The number of carboxylic acids is 1. The fourth-order valence-electron chi connectivity index (χ4n) is 3.39. The van der Waals surface area contributed by atoms with Crippen molar-refractivity contribution in [3.05, 3.63) is 58.6 Å². The van der Waals surface area contributed by atoms with Crippen molar-refractivity contribution in [3.63, 3.8) is 0 Å². The molecule has 1 aliphatic rings. The monoisotopic (exact) mass is 387 g/mol. The van der Waals surface area contributed by atoms with E-state index in [-0.39, 0.29) is 23.1 Å². The van der Waals surface area contributed by atoms with Gasteiger partial charge in [0.2, 0.25) is 0 Å². The van der Waals surface area contributed by atoms with Crippen LogP contribution < -0.4 is 10.1 Å². The second-order valence-electron chi connectivity index (χ2n) is 6.74. The fourth-order valence-corrected chi connectivity index (χ4v) is 3.58. The van der Waals surface area contributed by atoms with Crippen LogP contribution in [0.15, 0.2) is 42.5 Å². The number of amides is 1. The molecule has 0 spiro atoms. The summed E-state index contributed by atoms with van der Waals surface area (Å²) in [4.78, 5) is 23.1. The molecular formula is C21H22ClNO4. The van der Waals surface area contributed by atoms with Gasteiger partial charge in [-0.25, -0.2) is 4.79 Å². The van der Waals surface area contributed by atoms with Crippen LogP contribution in [0.3, 0.4) is 0 Å². The van der Waals surface area contributed by atoms with Gasteiger partial charge in [0.1, 0.15) is 5.75 Å². The molecule has 0 saturated heterocycles. The molecule has 142 valence electrons. The molecule has 0 aromatic heterocycles. The standard InChI is InChI=1S/C21H22ClNO4/c22-19-11-8-16(12-18(19)21(25)26)23-20(24)13-27-17-9-6-15(7-10-17)14-4-2-1-3-5-14/h6-12,14H,1-5,13H2,(H,23,24)(H,25,26). The van der Waals surface area contributed by atoms with Gasteiger partial charge in [-0.05, 0) is 54.7 Å². The van der Waals surface area contributed by atoms with Crippen molar-refractivity contribution < 1.29 is 19.4 Å². The number of hydrogen-bond donors (Lipinski definition) is 2. The summed E-state index contributed by atoms with van der Waals surface area (Å²) in [5.41, 5.74) is 1.63. The van der Waals surface area contributed by atoms with Gasteiger partial charge in [-0.1, -0.05) is 43.0 Å². The summed E-state index contributed by atoms with van der Waals surface area (Å²) in [7, 11) is 0. The molecule has 1 aliphatic carbocycles. The lowest BCUT2D eigenvalue weighted by molar-refractivity contribution is -0.118. The summed E-state index contributed by atoms with van der Waals surface area (Å²) in [5, 5.41) is 11.8. The molecule has 27 heavy (non-hydrogen) atoms. The molecule has 0 aliphatic heterocycles. The van der Waals surface area contributed by atoms with E-state index in [0.717, 1.165) is 0 Å². The van der Waals surface area contributed by atoms with E-state index in [4.69, 9.17) is 21.4 Å². The molecule has 0 atom stereocenters. The van der Waals surface area contributed by atoms with E-state index in [0.29, 0.717) is 17.4 Å². The average Bonchev–Trinajstić information content (AvgIpc) is 2.69. The Balaban J connectivity index is 1.53. The number of aromatic carboxylic acids is 1. The lowest BCUT2D eigenvalue weighted by Crippen LogP contribution is -2.20. The van der Waals surface area contributed by atoms with Crippen LogP contribution in [0.1, 0.15) is 53.9 Å². The molecule has 0 radical (unpaired) electrons. The highest BCUT2D eigenvalue weighted by molar-refractivity contribution is 6.33. The zero-order chi connectivity index (χ0) is 19.2. The first-order valence-electron chi connectivity index (χ1n) is 9.08. The molecule has 2 aromatic rings. The Morgan fingerprint density at radius 2 is 1.78 bits per heavy atom. The molecule has 3 rings (SSSR count). The largest absolute Gasteiger partial charge is 0.484 e. The van der Waals surface area contributed by atoms with Crippen LogP contribution in [-0.4, -0.2) is 23.6 Å². The van der Waals surface area contributed by atoms with Crippen LogP contribution >= 0.6 is 11.6 Å². The van der Waals surface area contributed by atoms with E-state index in [1.807, 2.05) is 12.1 Å². The van der Waals surface area contributed by atoms with Crippen LogP contribution in [0, 0.1) is 0 Å². The van der Waals surface area contributed by atoms with Gasteiger partial charge in [0.15, 0.2) is 6.61 Å². The van der Waals surface area contributed by atoms with Gasteiger partial charge in [-0.15, -0.1) is 0 Å². The number of ether oxygens (including phenoxy) is 1. The normalized spacial score (nSPS) is 14.6. The molecule has 1 fully saturated rings. The molecule has 5 nitrogen and oxygen atoms in total. The van der Waals surface area contributed by atoms with Gasteiger partial charge in [0.25, 0.3) is 5.91 Å². The zero-order valence-electron chi connectivity index (χ0n) is 14.9. The first-order valence-corrected chi connectivity index (χ1v) is 9.46. The fraction of sp³-hybridized carbons (Fsp3) is 0.333. The number of nitrogens with one attached hydrogen (secondary N) is 1. The predicted octanol–water partition coefficient (Wildman–Crippen LogP) is 5.10. The van der Waals surface area contributed by atoms with Crippen molar-refractivity contribution in [1.82, 2.24) is 0 Å². The molecule has 0 bridgehead atoms. The minimum atomic E-state index is -1.15. The number of carbonyl (C=O) groups is 2. The summed E-state index contributed by atoms with van der Waals surface area (Å²) in [6.45, 7) is -0.159. The molecule has 1 saturated carbocycles. The van der Waals surface area contributed by atoms with Crippen LogP contribution in [0.25, 0.3) is 0 Å². The minimum absolute atomic E-state index is 0.0614. The van der Waals surface area contributed by atoms with Crippen molar-refractivity contribution >= 4 is 29.2 Å². The first kappa shape index (κ1) is 19.2. The van der Waals surface area contributed by atoms with Crippen molar-refractivity contribution in [2.24, 2.45) is 0 Å². The van der Waals surface area contributed by atoms with Crippen molar-refractivity contribution in [1.29, 1.82) is 0 Å². The van der Waals surface area contributed by atoms with E-state index >= 15 is 0 Å². The number of hydrogen-bond acceptors (Lipinski definition) is 3. The summed E-state index contributed by atoms with van der Waals surface area (Å²) >= 11 is 5.82. The van der Waals surface area contributed by atoms with Gasteiger partial charge < -0.3 is 15.2 Å². The van der Waals surface area contributed by atoms with Gasteiger partial charge in [0, 0.05) is 5.69 Å². The van der Waals surface area contributed by atoms with Gasteiger partial charge in [-0.3, -0.25) is 4.79 Å². The average molecular weight is 388 g/mol. The lowest BCUT2D eigenvalue weighted by atomic mass is 9.84. The van der Waals surface area contributed by atoms with E-state index in [9.17, 15) is 9.59 Å². The maximum Gasteiger partial charge on any atom is 0.337 e. The smallest absolute Gasteiger partial charge is 0.337 e. The Labute approximate surface area is 163 Å². The molecule has 2 aromatic carbocycles. The van der Waals surface area contributed by atoms with Crippen LogP contribution in [0.4, 0.5) is 5.69 Å². The van der Waals surface area contributed by atoms with Crippen molar-refractivity contribution in [2.75, 3.05) is 11.9 Å². The van der Waals surface area contributed by atoms with Crippen LogP contribution in [-0.2, 0) is 4.79 Å². The van der Waals surface area contributed by atoms with E-state index in [1.54, 1.807) is 6.07 Å². The number of halogens is 1. The highest BCUT2D eigenvalue weighted by Gasteiger charge is 2.15. The van der Waals surface area contributed by atoms with Gasteiger partial charge in [-0.2, -0.15) is 0 Å². The second-order valence-corrected chi connectivity index (χ2v) is 7.15. The van der Waals surface area contributed by atoms with Crippen molar-refractivity contribution in [2.45, 2.75) is 38.0 Å². The third-order valence-electron chi connectivity index (χ3n) is 4.81. The van der Waals surface area contributed by atoms with Gasteiger partial charge in [0.05, 0.1) is 10.6 Å². The van der Waals surface area contributed by atoms with E-state index in [1.165, 1.54) is 49.8 Å². The number of carboxylic acid groups (broad SMARTS) is 1. The summed E-state index contributed by atoms with van der Waals surface area (Å²) < 4.78 is 5.53. The zero-order valence-corrected chi connectivity index (χ0v) is 15.7. The Bertz CT molecular complexity index is 813. The lowest BCUT2D eigenvalue weighted by Gasteiger charge is -2.22. The summed E-state index contributed by atoms with van der Waals surface area (Å²) in [6.07, 6.45) is 6.38. The molecule has 1 amide bonds. The topological polar surface area (TPSA) is 75.6 Å². The molecule has 6 heteroatoms. The maximum atomic E-state index is 12.0. The summed E-state index contributed by atoms with van der Waals surface area (Å²) in [5.74, 6) is -0.258. The SMILES string of the molecule is O=C(COc1ccc(C2CCCCC2)cc1)Nc1ccc(Cl)c(C(=O)O)c1. The summed E-state index contributed by atoms with van der Waals surface area (Å²) in [6, 6.07) is 12.2. The van der Waals surface area contributed by atoms with Gasteiger partial charge >= 0.3 is 5.97 Å². The third-order valence-corrected chi connectivity index (χ3v) is 5.14.